The number of carbonyl (C=O) groups is 2. The maximum absolute atomic E-state index is 10.7. The zero-order valence-electron chi connectivity index (χ0n) is 11.2. The Morgan fingerprint density at radius 1 is 0.739 bits per heavy atom. The Balaban J connectivity index is 0.000000403. The molecule has 4 N–H and O–H groups in total. The molecule has 0 aliphatic rings. The maximum atomic E-state index is 10.7. The van der Waals surface area contributed by atoms with Gasteiger partial charge >= 0.3 is 29.0 Å². The second-order valence-corrected chi connectivity index (χ2v) is 3.97. The minimum atomic E-state index is -1.28. The van der Waals surface area contributed by atoms with Crippen molar-refractivity contribution in [3.63, 3.8) is 0 Å². The summed E-state index contributed by atoms with van der Waals surface area (Å²) in [6.07, 6.45) is 0. The van der Waals surface area contributed by atoms with Gasteiger partial charge < -0.3 is 30.6 Å². The Labute approximate surface area is 140 Å². The van der Waals surface area contributed by atoms with Crippen molar-refractivity contribution in [2.45, 2.75) is 0 Å². The fourth-order valence-corrected chi connectivity index (χ4v) is 1.38. The summed E-state index contributed by atoms with van der Waals surface area (Å²) in [6.45, 7) is 0. The molecular formula is C14H10CuO8. The van der Waals surface area contributed by atoms with E-state index in [2.05, 4.69) is 0 Å². The molecule has 0 aliphatic carbocycles. The van der Waals surface area contributed by atoms with E-state index in [-0.39, 0.29) is 39.7 Å². The first-order valence-corrected chi connectivity index (χ1v) is 5.69. The van der Waals surface area contributed by atoms with E-state index in [9.17, 15) is 19.8 Å². The van der Waals surface area contributed by atoms with Crippen LogP contribution in [0.5, 0.6) is 23.0 Å². The molecule has 8 nitrogen and oxygen atoms in total. The molecule has 0 saturated heterocycles. The van der Waals surface area contributed by atoms with Gasteiger partial charge in [-0.15, -0.1) is 0 Å². The zero-order valence-corrected chi connectivity index (χ0v) is 12.1. The second-order valence-electron chi connectivity index (χ2n) is 3.97. The third-order valence-corrected chi connectivity index (χ3v) is 2.39. The van der Waals surface area contributed by atoms with Gasteiger partial charge in [0.05, 0.1) is 11.1 Å². The van der Waals surface area contributed by atoms with Gasteiger partial charge in [0.15, 0.2) is 0 Å². The standard InChI is InChI=1S/2C7H6O4.Cu/c2*8-4-1-2-5(7(10)11)6(9)3-4;/h2*1-3,8-9H,(H,10,11);/q;;+2/p-2. The van der Waals surface area contributed by atoms with Crippen molar-refractivity contribution < 1.29 is 57.3 Å². The molecule has 0 unspecified atom stereocenters. The number of phenols is 2. The van der Waals surface area contributed by atoms with Crippen molar-refractivity contribution in [3.05, 3.63) is 47.5 Å². The molecule has 0 saturated carbocycles. The van der Waals surface area contributed by atoms with Crippen LogP contribution in [0.4, 0.5) is 0 Å². The first-order valence-electron chi connectivity index (χ1n) is 5.69. The summed E-state index contributed by atoms with van der Waals surface area (Å²) in [5, 5.41) is 55.7. The molecule has 0 amide bonds. The third kappa shape index (κ3) is 5.77. The van der Waals surface area contributed by atoms with E-state index in [0.717, 1.165) is 36.4 Å². The molecule has 0 heterocycles. The van der Waals surface area contributed by atoms with Crippen molar-refractivity contribution >= 4 is 11.9 Å². The molecule has 23 heavy (non-hydrogen) atoms. The van der Waals surface area contributed by atoms with Crippen molar-refractivity contribution in [3.8, 4) is 23.0 Å². The molecule has 0 aromatic heterocycles. The summed E-state index contributed by atoms with van der Waals surface area (Å²) >= 11 is 0. The van der Waals surface area contributed by atoms with Crippen LogP contribution in [0.2, 0.25) is 0 Å². The van der Waals surface area contributed by atoms with Crippen LogP contribution in [-0.2, 0) is 17.1 Å². The Hall–Kier alpha value is -2.90. The Morgan fingerprint density at radius 3 is 1.26 bits per heavy atom. The van der Waals surface area contributed by atoms with E-state index in [0.29, 0.717) is 0 Å². The summed E-state index contributed by atoms with van der Waals surface area (Å²) in [6, 6.07) is 6.18. The largest absolute Gasteiger partial charge is 2.00 e. The average molecular weight is 370 g/mol. The van der Waals surface area contributed by atoms with E-state index in [4.69, 9.17) is 20.4 Å². The van der Waals surface area contributed by atoms with Gasteiger partial charge in [-0.25, -0.2) is 9.59 Å². The third-order valence-electron chi connectivity index (χ3n) is 2.39. The van der Waals surface area contributed by atoms with Crippen molar-refractivity contribution in [2.75, 3.05) is 0 Å². The molecule has 9 heteroatoms. The van der Waals surface area contributed by atoms with E-state index < -0.39 is 23.4 Å². The minimum Gasteiger partial charge on any atom is -0.872 e. The minimum absolute atomic E-state index is 0. The normalized spacial score (nSPS) is 9.04. The molecule has 0 fully saturated rings. The number of hydrogen-bond acceptors (Lipinski definition) is 6. The van der Waals surface area contributed by atoms with Gasteiger partial charge in [-0.05, 0) is 36.4 Å². The van der Waals surface area contributed by atoms with Crippen LogP contribution in [0.3, 0.4) is 0 Å². The van der Waals surface area contributed by atoms with Gasteiger partial charge in [-0.1, -0.05) is 11.5 Å². The summed E-state index contributed by atoms with van der Waals surface area (Å²) in [7, 11) is 0. The van der Waals surface area contributed by atoms with Crippen LogP contribution < -0.4 is 10.2 Å². The number of aromatic hydroxyl groups is 2. The number of carboxylic acid groups (broad SMARTS) is 2. The summed E-state index contributed by atoms with van der Waals surface area (Å²) < 4.78 is 0. The van der Waals surface area contributed by atoms with Crippen molar-refractivity contribution in [2.24, 2.45) is 0 Å². The Kier molecular flexibility index (Phi) is 7.45. The first kappa shape index (κ1) is 20.1. The van der Waals surface area contributed by atoms with Crippen LogP contribution in [-0.4, -0.2) is 32.4 Å². The molecule has 0 atom stereocenters. The number of hydrogen-bond donors (Lipinski definition) is 4. The quantitative estimate of drug-likeness (QED) is 0.550. The molecule has 2 rings (SSSR count). The van der Waals surface area contributed by atoms with E-state index in [1.807, 2.05) is 0 Å². The van der Waals surface area contributed by atoms with E-state index in [1.165, 1.54) is 0 Å². The zero-order chi connectivity index (χ0) is 16.9. The van der Waals surface area contributed by atoms with Crippen LogP contribution in [0, 0.1) is 0 Å². The predicted molar refractivity (Wildman–Crippen MR) is 69.0 cm³/mol. The van der Waals surface area contributed by atoms with Gasteiger partial charge in [0.2, 0.25) is 0 Å². The first-order chi connectivity index (χ1) is 10.2. The molecule has 2 aromatic rings. The molecule has 1 radical (unpaired) electrons. The Morgan fingerprint density at radius 2 is 1.04 bits per heavy atom. The number of benzene rings is 2. The van der Waals surface area contributed by atoms with Crippen LogP contribution in [0.25, 0.3) is 0 Å². The fourth-order valence-electron chi connectivity index (χ4n) is 1.38. The molecular weight excluding hydrogens is 360 g/mol. The van der Waals surface area contributed by atoms with Gasteiger partial charge in [0, 0.05) is 0 Å². The summed E-state index contributed by atoms with van der Waals surface area (Å²) in [5.41, 5.74) is -0.661. The number of aromatic carboxylic acids is 2. The van der Waals surface area contributed by atoms with Crippen LogP contribution >= 0.6 is 0 Å². The van der Waals surface area contributed by atoms with Gasteiger partial charge in [0.1, 0.15) is 11.5 Å². The van der Waals surface area contributed by atoms with Crippen LogP contribution in [0.15, 0.2) is 36.4 Å². The topological polar surface area (TPSA) is 161 Å². The molecule has 0 aliphatic heterocycles. The smallest absolute Gasteiger partial charge is 0.872 e. The number of rotatable bonds is 2. The SMILES string of the molecule is O=C(O)c1ccc(O)cc1[O-].O=C(O)c1ccc(O)cc1[O-].[Cu+2]. The summed E-state index contributed by atoms with van der Waals surface area (Å²) in [4.78, 5) is 20.5. The van der Waals surface area contributed by atoms with Crippen LogP contribution in [0.1, 0.15) is 20.7 Å². The molecule has 2 aromatic carbocycles. The monoisotopic (exact) mass is 369 g/mol. The number of carboxylic acids is 2. The van der Waals surface area contributed by atoms with Gasteiger partial charge in [-0.3, -0.25) is 0 Å². The second kappa shape index (κ2) is 8.52. The van der Waals surface area contributed by atoms with Gasteiger partial charge in [-0.2, -0.15) is 0 Å². The maximum Gasteiger partial charge on any atom is 2.00 e. The fraction of sp³-hybridized carbons (Fsp3) is 0. The molecule has 0 spiro atoms. The Bertz CT molecular complexity index is 652. The average Bonchev–Trinajstić information content (AvgIpc) is 2.38. The van der Waals surface area contributed by atoms with Crippen molar-refractivity contribution in [1.29, 1.82) is 0 Å². The van der Waals surface area contributed by atoms with Crippen molar-refractivity contribution in [1.82, 2.24) is 0 Å². The summed E-state index contributed by atoms with van der Waals surface area (Å²) in [5.74, 6) is -4.37. The van der Waals surface area contributed by atoms with E-state index >= 15 is 0 Å². The number of phenolic OH excluding ortho intramolecular Hbond substituents is 2. The van der Waals surface area contributed by atoms with E-state index in [1.54, 1.807) is 0 Å². The predicted octanol–water partition coefficient (Wildman–Crippen LogP) is 0.325. The van der Waals surface area contributed by atoms with Gasteiger partial charge in [0.25, 0.3) is 0 Å². The molecule has 0 bridgehead atoms. The molecule has 125 valence electrons.